The molecule has 0 spiro atoms. The fourth-order valence-corrected chi connectivity index (χ4v) is 2.20. The maximum Gasteiger partial charge on any atom is 0.324 e. The highest BCUT2D eigenvalue weighted by molar-refractivity contribution is 6.04. The molecule has 21 heavy (non-hydrogen) atoms. The van der Waals surface area contributed by atoms with E-state index in [1.165, 1.54) is 0 Å². The lowest BCUT2D eigenvalue weighted by Gasteiger charge is -2.14. The average molecular weight is 287 g/mol. The quantitative estimate of drug-likeness (QED) is 0.807. The second kappa shape index (κ2) is 6.75. The highest BCUT2D eigenvalue weighted by Gasteiger charge is 2.36. The molecule has 1 aromatic rings. The Balaban J connectivity index is 1.90. The lowest BCUT2D eigenvalue weighted by atomic mass is 10.2. The average Bonchev–Trinajstić information content (AvgIpc) is 2.75. The van der Waals surface area contributed by atoms with Crippen LogP contribution in [-0.4, -0.2) is 36.0 Å². The number of hydrogen-bond donors (Lipinski definition) is 1. The van der Waals surface area contributed by atoms with Crippen LogP contribution in [0, 0.1) is 11.3 Å². The molecule has 1 N–H and O–H groups in total. The summed E-state index contributed by atoms with van der Waals surface area (Å²) in [7, 11) is 0. The molecule has 1 fully saturated rings. The Morgan fingerprint density at radius 3 is 2.86 bits per heavy atom. The first-order chi connectivity index (χ1) is 10.2. The van der Waals surface area contributed by atoms with Gasteiger partial charge in [-0.15, -0.1) is 0 Å². The van der Waals surface area contributed by atoms with Crippen molar-refractivity contribution in [2.45, 2.75) is 25.8 Å². The molecule has 0 aliphatic carbocycles. The van der Waals surface area contributed by atoms with Gasteiger partial charge in [-0.25, -0.2) is 4.79 Å². The number of rotatable bonds is 6. The Kier molecular flexibility index (Phi) is 4.77. The minimum atomic E-state index is -0.422. The molecule has 1 unspecified atom stereocenters. The molecule has 110 valence electrons. The lowest BCUT2D eigenvalue weighted by Crippen LogP contribution is -2.35. The molecule has 3 amide bonds. The zero-order valence-corrected chi connectivity index (χ0v) is 11.8. The van der Waals surface area contributed by atoms with Crippen LogP contribution in [0.15, 0.2) is 24.3 Å². The third-order valence-electron chi connectivity index (χ3n) is 3.26. The number of carbonyl (C=O) groups excluding carboxylic acids is 2. The minimum absolute atomic E-state index is 0.163. The van der Waals surface area contributed by atoms with Crippen molar-refractivity contribution in [3.05, 3.63) is 29.8 Å². The van der Waals surface area contributed by atoms with E-state index in [9.17, 15) is 9.59 Å². The van der Waals surface area contributed by atoms with Crippen LogP contribution < -0.4 is 10.1 Å². The smallest absolute Gasteiger partial charge is 0.324 e. The monoisotopic (exact) mass is 287 g/mol. The van der Waals surface area contributed by atoms with Gasteiger partial charge in [-0.3, -0.25) is 9.69 Å². The normalized spacial score (nSPS) is 17.5. The number of nitrogens with one attached hydrogen (secondary N) is 1. The summed E-state index contributed by atoms with van der Waals surface area (Å²) in [5.41, 5.74) is 0.429. The fraction of sp³-hybridized carbons (Fsp3) is 0.400. The summed E-state index contributed by atoms with van der Waals surface area (Å²) in [6, 6.07) is 8.08. The van der Waals surface area contributed by atoms with Crippen molar-refractivity contribution in [3.8, 4) is 11.8 Å². The van der Waals surface area contributed by atoms with Gasteiger partial charge in [0.2, 0.25) is 0 Å². The largest absolute Gasteiger partial charge is 0.490 e. The van der Waals surface area contributed by atoms with Crippen molar-refractivity contribution in [2.24, 2.45) is 0 Å². The van der Waals surface area contributed by atoms with E-state index in [4.69, 9.17) is 10.00 Å². The molecule has 1 heterocycles. The Hall–Kier alpha value is -2.55. The number of carbonyl (C=O) groups is 2. The molecule has 2 rings (SSSR count). The van der Waals surface area contributed by atoms with Gasteiger partial charge in [0.1, 0.15) is 24.5 Å². The third kappa shape index (κ3) is 3.31. The maximum atomic E-state index is 12.0. The predicted molar refractivity (Wildman–Crippen MR) is 75.6 cm³/mol. The zero-order valence-electron chi connectivity index (χ0n) is 11.8. The van der Waals surface area contributed by atoms with Crippen LogP contribution in [0.25, 0.3) is 0 Å². The number of nitriles is 1. The van der Waals surface area contributed by atoms with Gasteiger partial charge in [-0.1, -0.05) is 25.5 Å². The van der Waals surface area contributed by atoms with Crippen LogP contribution in [0.5, 0.6) is 5.75 Å². The van der Waals surface area contributed by atoms with E-state index in [2.05, 4.69) is 5.32 Å². The van der Waals surface area contributed by atoms with Gasteiger partial charge >= 0.3 is 6.03 Å². The second-order valence-corrected chi connectivity index (χ2v) is 4.74. The standard InChI is InChI=1S/C15H17N3O3/c1-2-5-12-14(19)18(15(20)17-12)8-9-21-13-7-4-3-6-11(13)10-16/h3-4,6-7,12H,2,5,8-9H2,1H3,(H,17,20). The van der Waals surface area contributed by atoms with Crippen molar-refractivity contribution in [2.75, 3.05) is 13.2 Å². The Morgan fingerprint density at radius 2 is 2.14 bits per heavy atom. The Labute approximate surface area is 123 Å². The molecule has 0 radical (unpaired) electrons. The number of urea groups is 1. The van der Waals surface area contributed by atoms with Gasteiger partial charge in [0.15, 0.2) is 0 Å². The molecule has 1 aliphatic rings. The van der Waals surface area contributed by atoms with Crippen LogP contribution >= 0.6 is 0 Å². The number of benzene rings is 1. The molecule has 6 nitrogen and oxygen atoms in total. The molecular weight excluding hydrogens is 270 g/mol. The summed E-state index contributed by atoms with van der Waals surface area (Å²) in [5.74, 6) is 0.246. The molecule has 1 saturated heterocycles. The van der Waals surface area contributed by atoms with E-state index in [0.29, 0.717) is 17.7 Å². The summed E-state index contributed by atoms with van der Waals surface area (Å²) < 4.78 is 5.49. The molecule has 1 aliphatic heterocycles. The van der Waals surface area contributed by atoms with E-state index in [-0.39, 0.29) is 25.1 Å². The third-order valence-corrected chi connectivity index (χ3v) is 3.26. The molecule has 1 aromatic carbocycles. The van der Waals surface area contributed by atoms with E-state index in [1.807, 2.05) is 13.0 Å². The lowest BCUT2D eigenvalue weighted by molar-refractivity contribution is -0.127. The summed E-state index contributed by atoms with van der Waals surface area (Å²) in [5, 5.41) is 11.6. The predicted octanol–water partition coefficient (Wildman–Crippen LogP) is 1.66. The summed E-state index contributed by atoms with van der Waals surface area (Å²) in [6.07, 6.45) is 1.47. The highest BCUT2D eigenvalue weighted by atomic mass is 16.5. The van der Waals surface area contributed by atoms with Crippen molar-refractivity contribution in [1.82, 2.24) is 10.2 Å². The van der Waals surface area contributed by atoms with Crippen LogP contribution in [0.3, 0.4) is 0 Å². The van der Waals surface area contributed by atoms with E-state index >= 15 is 0 Å². The first-order valence-corrected chi connectivity index (χ1v) is 6.91. The van der Waals surface area contributed by atoms with E-state index in [0.717, 1.165) is 11.3 Å². The Morgan fingerprint density at radius 1 is 1.38 bits per heavy atom. The highest BCUT2D eigenvalue weighted by Crippen LogP contribution is 2.17. The number of hydrogen-bond acceptors (Lipinski definition) is 4. The first-order valence-electron chi connectivity index (χ1n) is 6.91. The van der Waals surface area contributed by atoms with Crippen LogP contribution in [-0.2, 0) is 4.79 Å². The van der Waals surface area contributed by atoms with Gasteiger partial charge in [0.25, 0.3) is 5.91 Å². The fourth-order valence-electron chi connectivity index (χ4n) is 2.20. The summed E-state index contributed by atoms with van der Waals surface area (Å²) >= 11 is 0. The molecular formula is C15H17N3O3. The summed E-state index contributed by atoms with van der Waals surface area (Å²) in [6.45, 7) is 2.30. The number of ether oxygens (including phenoxy) is 1. The second-order valence-electron chi connectivity index (χ2n) is 4.74. The van der Waals surface area contributed by atoms with Gasteiger partial charge in [-0.2, -0.15) is 5.26 Å². The number of nitrogens with zero attached hydrogens (tertiary/aromatic N) is 2. The van der Waals surface area contributed by atoms with Crippen LogP contribution in [0.2, 0.25) is 0 Å². The topological polar surface area (TPSA) is 82.4 Å². The van der Waals surface area contributed by atoms with Crippen molar-refractivity contribution >= 4 is 11.9 Å². The summed E-state index contributed by atoms with van der Waals surface area (Å²) in [4.78, 5) is 24.9. The number of imide groups is 1. The van der Waals surface area contributed by atoms with Crippen molar-refractivity contribution in [1.29, 1.82) is 5.26 Å². The maximum absolute atomic E-state index is 12.0. The molecule has 0 bridgehead atoms. The van der Waals surface area contributed by atoms with Gasteiger partial charge < -0.3 is 10.1 Å². The zero-order chi connectivity index (χ0) is 15.2. The molecule has 6 heteroatoms. The molecule has 1 atom stereocenters. The van der Waals surface area contributed by atoms with Crippen LogP contribution in [0.1, 0.15) is 25.3 Å². The van der Waals surface area contributed by atoms with Gasteiger partial charge in [0.05, 0.1) is 12.1 Å². The van der Waals surface area contributed by atoms with Crippen molar-refractivity contribution in [3.63, 3.8) is 0 Å². The van der Waals surface area contributed by atoms with Gasteiger partial charge in [-0.05, 0) is 18.6 Å². The number of amides is 3. The number of para-hydroxylation sites is 1. The Bertz CT molecular complexity index is 580. The first kappa shape index (κ1) is 14.9. The van der Waals surface area contributed by atoms with E-state index < -0.39 is 6.04 Å². The van der Waals surface area contributed by atoms with Crippen molar-refractivity contribution < 1.29 is 14.3 Å². The minimum Gasteiger partial charge on any atom is -0.490 e. The molecule has 0 aromatic heterocycles. The van der Waals surface area contributed by atoms with E-state index in [1.54, 1.807) is 24.3 Å². The van der Waals surface area contributed by atoms with Crippen LogP contribution in [0.4, 0.5) is 4.79 Å². The molecule has 0 saturated carbocycles. The van der Waals surface area contributed by atoms with Gasteiger partial charge in [0, 0.05) is 0 Å². The SMILES string of the molecule is CCCC1NC(=O)N(CCOc2ccccc2C#N)C1=O.